The van der Waals surface area contributed by atoms with E-state index in [-0.39, 0.29) is 24.4 Å². The van der Waals surface area contributed by atoms with Gasteiger partial charge in [0.1, 0.15) is 37.0 Å². The SMILES string of the molecule is C[NH+](Cc1ccccc1)Cc1cn([C@H]2CO[C@H]3[C@@H]2OC[C@@H]3NC(=O)Nc2cccc(C(F)(F)F)c2)nn1. The summed E-state index contributed by atoms with van der Waals surface area (Å²) in [6, 6.07) is 13.4. The van der Waals surface area contributed by atoms with E-state index in [0.29, 0.717) is 13.2 Å². The van der Waals surface area contributed by atoms with Gasteiger partial charge in [-0.05, 0) is 18.2 Å². The Bertz CT molecular complexity index is 1220. The average molecular weight is 518 g/mol. The van der Waals surface area contributed by atoms with Crippen molar-refractivity contribution in [2.75, 3.05) is 25.6 Å². The molecule has 2 saturated heterocycles. The summed E-state index contributed by atoms with van der Waals surface area (Å²) in [5.74, 6) is 0. The van der Waals surface area contributed by atoms with Gasteiger partial charge in [-0.2, -0.15) is 13.2 Å². The zero-order valence-electron chi connectivity index (χ0n) is 20.1. The molecule has 0 bridgehead atoms. The van der Waals surface area contributed by atoms with Crippen molar-refractivity contribution < 1.29 is 32.3 Å². The summed E-state index contributed by atoms with van der Waals surface area (Å²) in [7, 11) is 2.10. The van der Waals surface area contributed by atoms with Crippen LogP contribution in [0.5, 0.6) is 0 Å². The van der Waals surface area contributed by atoms with Gasteiger partial charge in [0.15, 0.2) is 0 Å². The number of alkyl halides is 3. The molecule has 3 N–H and O–H groups in total. The number of nitrogens with one attached hydrogen (secondary N) is 3. The van der Waals surface area contributed by atoms with Crippen molar-refractivity contribution in [2.24, 2.45) is 0 Å². The van der Waals surface area contributed by atoms with Gasteiger partial charge in [0, 0.05) is 11.3 Å². The van der Waals surface area contributed by atoms with Crippen LogP contribution in [0.4, 0.5) is 23.7 Å². The van der Waals surface area contributed by atoms with Crippen LogP contribution in [-0.2, 0) is 28.7 Å². The number of carbonyl (C=O) groups is 1. The molecule has 3 aromatic rings. The van der Waals surface area contributed by atoms with Gasteiger partial charge in [0.25, 0.3) is 0 Å². The minimum absolute atomic E-state index is 0.0440. The number of halogens is 3. The number of hydrogen-bond donors (Lipinski definition) is 3. The average Bonchev–Trinajstić information content (AvgIpc) is 3.57. The zero-order chi connectivity index (χ0) is 26.0. The number of amides is 2. The van der Waals surface area contributed by atoms with Crippen molar-refractivity contribution in [1.82, 2.24) is 20.3 Å². The molecule has 5 atom stereocenters. The summed E-state index contributed by atoms with van der Waals surface area (Å²) < 4.78 is 52.4. The van der Waals surface area contributed by atoms with Gasteiger partial charge in [-0.25, -0.2) is 9.48 Å². The molecule has 2 amide bonds. The van der Waals surface area contributed by atoms with Crippen molar-refractivity contribution in [2.45, 2.75) is 43.6 Å². The van der Waals surface area contributed by atoms with Crippen LogP contribution in [0.2, 0.25) is 0 Å². The molecule has 2 aliphatic rings. The van der Waals surface area contributed by atoms with Gasteiger partial charge in [0.05, 0.1) is 38.1 Å². The predicted molar refractivity (Wildman–Crippen MR) is 127 cm³/mol. The fourth-order valence-electron chi connectivity index (χ4n) is 4.81. The Balaban J connectivity index is 1.15. The van der Waals surface area contributed by atoms with Crippen LogP contribution in [0.3, 0.4) is 0 Å². The first kappa shape index (κ1) is 25.2. The molecule has 0 aliphatic carbocycles. The minimum atomic E-state index is -4.49. The maximum absolute atomic E-state index is 12.9. The van der Waals surface area contributed by atoms with E-state index in [2.05, 4.69) is 40.1 Å². The maximum Gasteiger partial charge on any atom is 0.416 e. The molecule has 37 heavy (non-hydrogen) atoms. The molecule has 0 saturated carbocycles. The van der Waals surface area contributed by atoms with Crippen molar-refractivity contribution >= 4 is 11.7 Å². The van der Waals surface area contributed by atoms with Crippen LogP contribution >= 0.6 is 0 Å². The molecular weight excluding hydrogens is 489 g/mol. The zero-order valence-corrected chi connectivity index (χ0v) is 20.1. The molecule has 0 radical (unpaired) electrons. The first-order valence-electron chi connectivity index (χ1n) is 12.0. The Morgan fingerprint density at radius 2 is 1.86 bits per heavy atom. The Hall–Kier alpha value is -3.48. The normalized spacial score (nSPS) is 24.0. The molecule has 2 aliphatic heterocycles. The molecule has 1 unspecified atom stereocenters. The van der Waals surface area contributed by atoms with E-state index in [9.17, 15) is 18.0 Å². The summed E-state index contributed by atoms with van der Waals surface area (Å²) in [6.07, 6.45) is -3.33. The second-order valence-corrected chi connectivity index (χ2v) is 9.43. The number of rotatable bonds is 7. The monoisotopic (exact) mass is 517 g/mol. The number of ether oxygens (including phenoxy) is 2. The third-order valence-electron chi connectivity index (χ3n) is 6.52. The molecule has 3 heterocycles. The Kier molecular flexibility index (Phi) is 7.13. The van der Waals surface area contributed by atoms with E-state index in [4.69, 9.17) is 9.47 Å². The number of benzene rings is 2. The van der Waals surface area contributed by atoms with Crippen LogP contribution in [0.1, 0.15) is 22.9 Å². The fraction of sp³-hybridized carbons (Fsp3) is 0.400. The van der Waals surface area contributed by atoms with Gasteiger partial charge >= 0.3 is 12.2 Å². The first-order valence-corrected chi connectivity index (χ1v) is 12.0. The lowest BCUT2D eigenvalue weighted by Crippen LogP contribution is -3.06. The predicted octanol–water partition coefficient (Wildman–Crippen LogP) is 2.04. The highest BCUT2D eigenvalue weighted by molar-refractivity contribution is 5.89. The van der Waals surface area contributed by atoms with Crippen molar-refractivity contribution in [3.63, 3.8) is 0 Å². The molecule has 1 aromatic heterocycles. The third kappa shape index (κ3) is 5.92. The van der Waals surface area contributed by atoms with E-state index in [1.54, 1.807) is 4.68 Å². The maximum atomic E-state index is 12.9. The second kappa shape index (κ2) is 10.5. The van der Waals surface area contributed by atoms with Crippen LogP contribution < -0.4 is 15.5 Å². The highest BCUT2D eigenvalue weighted by Gasteiger charge is 2.49. The van der Waals surface area contributed by atoms with E-state index >= 15 is 0 Å². The highest BCUT2D eigenvalue weighted by atomic mass is 19.4. The summed E-state index contributed by atoms with van der Waals surface area (Å²) in [4.78, 5) is 13.7. The number of anilines is 1. The Morgan fingerprint density at radius 3 is 2.65 bits per heavy atom. The van der Waals surface area contributed by atoms with Crippen molar-refractivity contribution in [1.29, 1.82) is 0 Å². The number of carbonyl (C=O) groups excluding carboxylic acids is 1. The number of aromatic nitrogens is 3. The van der Waals surface area contributed by atoms with Crippen LogP contribution in [-0.4, -0.2) is 59.5 Å². The largest absolute Gasteiger partial charge is 0.416 e. The fourth-order valence-corrected chi connectivity index (χ4v) is 4.81. The molecular formula is C25H28F3N6O3+. The minimum Gasteiger partial charge on any atom is -0.371 e. The second-order valence-electron chi connectivity index (χ2n) is 9.43. The van der Waals surface area contributed by atoms with E-state index < -0.39 is 29.9 Å². The lowest BCUT2D eigenvalue weighted by Gasteiger charge is -2.18. The molecule has 2 fully saturated rings. The molecule has 0 spiro atoms. The van der Waals surface area contributed by atoms with Gasteiger partial charge in [-0.15, -0.1) is 5.10 Å². The summed E-state index contributed by atoms with van der Waals surface area (Å²) in [5, 5.41) is 13.8. The van der Waals surface area contributed by atoms with Gasteiger partial charge in [-0.1, -0.05) is 41.6 Å². The molecule has 9 nitrogen and oxygen atoms in total. The van der Waals surface area contributed by atoms with Gasteiger partial charge in [-0.3, -0.25) is 0 Å². The number of urea groups is 1. The summed E-state index contributed by atoms with van der Waals surface area (Å²) in [6.45, 7) is 2.13. The van der Waals surface area contributed by atoms with E-state index in [0.717, 1.165) is 24.4 Å². The third-order valence-corrected chi connectivity index (χ3v) is 6.52. The number of fused-ring (bicyclic) bond motifs is 1. The first-order chi connectivity index (χ1) is 17.8. The molecule has 12 heteroatoms. The van der Waals surface area contributed by atoms with Crippen molar-refractivity contribution in [3.8, 4) is 0 Å². The summed E-state index contributed by atoms with van der Waals surface area (Å²) in [5.41, 5.74) is 1.30. The van der Waals surface area contributed by atoms with Crippen LogP contribution in [0, 0.1) is 0 Å². The number of hydrogen-bond acceptors (Lipinski definition) is 5. The van der Waals surface area contributed by atoms with Crippen LogP contribution in [0.15, 0.2) is 60.8 Å². The van der Waals surface area contributed by atoms with Gasteiger partial charge < -0.3 is 25.0 Å². The molecule has 2 aromatic carbocycles. The van der Waals surface area contributed by atoms with Crippen molar-refractivity contribution in [3.05, 3.63) is 77.6 Å². The van der Waals surface area contributed by atoms with E-state index in [1.165, 1.54) is 22.6 Å². The standard InChI is InChI=1S/C25H27F3N6O3/c1-33(11-16-6-3-2-4-7-16)12-19-13-34(32-31-19)21-15-37-22-20(14-36-23(21)22)30-24(35)29-18-9-5-8-17(10-18)25(26,27)28/h2-10,13,20-23H,11-12,14-15H2,1H3,(H2,29,30,35)/p+1/t20-,21-,22+,23+/m0/s1. The highest BCUT2D eigenvalue weighted by Crippen LogP contribution is 2.34. The smallest absolute Gasteiger partial charge is 0.371 e. The Morgan fingerprint density at radius 1 is 1.08 bits per heavy atom. The van der Waals surface area contributed by atoms with Crippen LogP contribution in [0.25, 0.3) is 0 Å². The number of nitrogens with zero attached hydrogens (tertiary/aromatic N) is 3. The molecule has 196 valence electrons. The lowest BCUT2D eigenvalue weighted by molar-refractivity contribution is -0.908. The number of quaternary nitrogens is 1. The quantitative estimate of drug-likeness (QED) is 0.446. The lowest BCUT2D eigenvalue weighted by atomic mass is 10.1. The Labute approximate surface area is 211 Å². The topological polar surface area (TPSA) is 94.7 Å². The summed E-state index contributed by atoms with van der Waals surface area (Å²) >= 11 is 0. The van der Waals surface area contributed by atoms with E-state index in [1.807, 2.05) is 24.4 Å². The van der Waals surface area contributed by atoms with Gasteiger partial charge in [0.2, 0.25) is 0 Å². The molecule has 5 rings (SSSR count).